The molecule has 2 aromatic heterocycles. The second-order valence-corrected chi connectivity index (χ2v) is 7.99. The molecule has 0 aromatic carbocycles. The smallest absolute Gasteiger partial charge is 0.194 e. The van der Waals surface area contributed by atoms with Gasteiger partial charge in [-0.05, 0) is 20.3 Å². The zero-order valence-corrected chi connectivity index (χ0v) is 17.4. The molecular weight excluding hydrogens is 360 g/mol. The Bertz CT molecular complexity index is 719. The molecule has 1 aliphatic rings. The highest BCUT2D eigenvalue weighted by Gasteiger charge is 2.20. The van der Waals surface area contributed by atoms with Crippen LogP contribution in [0.25, 0.3) is 0 Å². The first-order valence-electron chi connectivity index (χ1n) is 9.79. The van der Waals surface area contributed by atoms with Gasteiger partial charge in [-0.2, -0.15) is 0 Å². The minimum Gasteiger partial charge on any atom is -0.364 e. The van der Waals surface area contributed by atoms with Crippen LogP contribution in [0.3, 0.4) is 0 Å². The predicted molar refractivity (Wildman–Crippen MR) is 109 cm³/mol. The van der Waals surface area contributed by atoms with Crippen molar-refractivity contribution in [2.75, 3.05) is 39.3 Å². The molecule has 1 N–H and O–H groups in total. The van der Waals surface area contributed by atoms with Crippen LogP contribution in [0, 0.1) is 6.92 Å². The molecule has 1 aliphatic heterocycles. The van der Waals surface area contributed by atoms with Crippen molar-refractivity contribution in [1.29, 1.82) is 0 Å². The second-order valence-electron chi connectivity index (χ2n) is 6.70. The molecule has 1 fully saturated rings. The van der Waals surface area contributed by atoms with Crippen LogP contribution in [-0.4, -0.2) is 65.2 Å². The highest BCUT2D eigenvalue weighted by Crippen LogP contribution is 2.18. The van der Waals surface area contributed by atoms with Crippen LogP contribution in [0.5, 0.6) is 0 Å². The van der Waals surface area contributed by atoms with Gasteiger partial charge in [-0.3, -0.25) is 9.89 Å². The van der Waals surface area contributed by atoms with Gasteiger partial charge in [-0.15, -0.1) is 11.3 Å². The Morgan fingerprint density at radius 3 is 2.74 bits per heavy atom. The van der Waals surface area contributed by atoms with Crippen LogP contribution < -0.4 is 5.32 Å². The predicted octanol–water partition coefficient (Wildman–Crippen LogP) is 2.33. The lowest BCUT2D eigenvalue weighted by molar-refractivity contribution is 0.169. The van der Waals surface area contributed by atoms with E-state index in [4.69, 9.17) is 14.5 Å². The van der Waals surface area contributed by atoms with E-state index in [9.17, 15) is 0 Å². The number of aryl methyl sites for hydroxylation is 2. The molecule has 7 nitrogen and oxygen atoms in total. The van der Waals surface area contributed by atoms with E-state index in [2.05, 4.69) is 41.0 Å². The first-order chi connectivity index (χ1) is 13.2. The Morgan fingerprint density at radius 2 is 2.11 bits per heavy atom. The van der Waals surface area contributed by atoms with Crippen molar-refractivity contribution in [3.05, 3.63) is 33.6 Å². The molecule has 0 aliphatic carbocycles. The molecule has 0 amide bonds. The number of aliphatic imine (C=N–C) groups is 1. The van der Waals surface area contributed by atoms with Crippen LogP contribution in [0.1, 0.15) is 35.1 Å². The summed E-state index contributed by atoms with van der Waals surface area (Å²) in [4.78, 5) is 15.7. The Morgan fingerprint density at radius 1 is 1.30 bits per heavy atom. The van der Waals surface area contributed by atoms with E-state index in [0.717, 1.165) is 70.3 Å². The van der Waals surface area contributed by atoms with Gasteiger partial charge in [0.25, 0.3) is 0 Å². The third-order valence-electron chi connectivity index (χ3n) is 4.74. The maximum atomic E-state index is 4.92. The molecule has 0 atom stereocenters. The van der Waals surface area contributed by atoms with E-state index in [-0.39, 0.29) is 0 Å². The maximum Gasteiger partial charge on any atom is 0.194 e. The van der Waals surface area contributed by atoms with Gasteiger partial charge in [-0.25, -0.2) is 4.98 Å². The summed E-state index contributed by atoms with van der Waals surface area (Å²) in [6.07, 6.45) is 3.55. The molecular formula is C19H30N6OS. The van der Waals surface area contributed by atoms with E-state index in [0.29, 0.717) is 0 Å². The molecule has 148 valence electrons. The van der Waals surface area contributed by atoms with Crippen molar-refractivity contribution in [3.8, 4) is 0 Å². The largest absolute Gasteiger partial charge is 0.364 e. The summed E-state index contributed by atoms with van der Waals surface area (Å²) in [7, 11) is 0. The van der Waals surface area contributed by atoms with Gasteiger partial charge in [0.05, 0.1) is 16.4 Å². The number of nitrogens with one attached hydrogen (secondary N) is 1. The summed E-state index contributed by atoms with van der Waals surface area (Å²) in [5.74, 6) is 1.02. The zero-order chi connectivity index (χ0) is 19.1. The van der Waals surface area contributed by atoms with Gasteiger partial charge in [0.2, 0.25) is 0 Å². The van der Waals surface area contributed by atoms with Crippen LogP contribution in [-0.2, 0) is 19.4 Å². The number of nitrogens with zero attached hydrogens (tertiary/aromatic N) is 5. The molecule has 0 spiro atoms. The molecule has 3 heterocycles. The van der Waals surface area contributed by atoms with E-state index in [1.54, 1.807) is 17.6 Å². The van der Waals surface area contributed by atoms with E-state index < -0.39 is 0 Å². The first-order valence-corrected chi connectivity index (χ1v) is 10.6. The number of piperazine rings is 1. The van der Waals surface area contributed by atoms with Crippen molar-refractivity contribution >= 4 is 17.3 Å². The first kappa shape index (κ1) is 19.8. The monoisotopic (exact) mass is 390 g/mol. The summed E-state index contributed by atoms with van der Waals surface area (Å²) in [6.45, 7) is 12.9. The Hall–Kier alpha value is -1.93. The molecule has 1 saturated heterocycles. The van der Waals surface area contributed by atoms with Crippen LogP contribution >= 0.6 is 11.3 Å². The standard InChI is InChI=1S/C19H30N6OS/c1-4-17-15(3)27-18(22-17)6-8-21-19(20-5-2)25-11-9-24(10-12-25)14-16-7-13-26-23-16/h7,13H,4-6,8-12,14H2,1-3H3,(H,20,21). The second kappa shape index (κ2) is 9.85. The fraction of sp³-hybridized carbons (Fsp3) is 0.632. The molecule has 0 radical (unpaired) electrons. The lowest BCUT2D eigenvalue weighted by Crippen LogP contribution is -2.52. The van der Waals surface area contributed by atoms with Gasteiger partial charge in [0.15, 0.2) is 5.96 Å². The normalized spacial score (nSPS) is 16.1. The van der Waals surface area contributed by atoms with Crippen molar-refractivity contribution < 1.29 is 4.52 Å². The van der Waals surface area contributed by atoms with E-state index in [1.165, 1.54) is 15.6 Å². The van der Waals surface area contributed by atoms with Gasteiger partial charge >= 0.3 is 0 Å². The Balaban J connectivity index is 1.51. The number of hydrogen-bond acceptors (Lipinski definition) is 6. The lowest BCUT2D eigenvalue weighted by Gasteiger charge is -2.36. The number of rotatable bonds is 7. The fourth-order valence-corrected chi connectivity index (χ4v) is 4.28. The maximum absolute atomic E-state index is 4.92. The van der Waals surface area contributed by atoms with E-state index >= 15 is 0 Å². The summed E-state index contributed by atoms with van der Waals surface area (Å²) >= 11 is 1.81. The lowest BCUT2D eigenvalue weighted by atomic mass is 10.3. The average Bonchev–Trinajstić information content (AvgIpc) is 3.31. The molecule has 0 unspecified atom stereocenters. The van der Waals surface area contributed by atoms with Crippen LogP contribution in [0.4, 0.5) is 0 Å². The zero-order valence-electron chi connectivity index (χ0n) is 16.6. The summed E-state index contributed by atoms with van der Waals surface area (Å²) in [6, 6.07) is 1.93. The third kappa shape index (κ3) is 5.52. The van der Waals surface area contributed by atoms with Gasteiger partial charge in [-0.1, -0.05) is 12.1 Å². The minimum absolute atomic E-state index is 0.775. The average molecular weight is 391 g/mol. The number of thiazole rings is 1. The third-order valence-corrected chi connectivity index (χ3v) is 5.82. The summed E-state index contributed by atoms with van der Waals surface area (Å²) in [5.41, 5.74) is 2.23. The van der Waals surface area contributed by atoms with Gasteiger partial charge < -0.3 is 14.7 Å². The van der Waals surface area contributed by atoms with Crippen molar-refractivity contribution in [1.82, 2.24) is 25.3 Å². The molecule has 2 aromatic rings. The Labute approximate surface area is 165 Å². The van der Waals surface area contributed by atoms with E-state index in [1.807, 2.05) is 6.07 Å². The van der Waals surface area contributed by atoms with Crippen LogP contribution in [0.2, 0.25) is 0 Å². The summed E-state index contributed by atoms with van der Waals surface area (Å²) < 4.78 is 4.92. The van der Waals surface area contributed by atoms with Crippen molar-refractivity contribution in [2.45, 2.75) is 40.2 Å². The molecule has 8 heteroatoms. The molecule has 0 saturated carbocycles. The highest BCUT2D eigenvalue weighted by molar-refractivity contribution is 7.11. The molecule has 3 rings (SSSR count). The van der Waals surface area contributed by atoms with Gasteiger partial charge in [0.1, 0.15) is 6.26 Å². The topological polar surface area (TPSA) is 69.8 Å². The van der Waals surface area contributed by atoms with Crippen molar-refractivity contribution in [2.24, 2.45) is 4.99 Å². The summed E-state index contributed by atoms with van der Waals surface area (Å²) in [5, 5.41) is 8.64. The number of guanidine groups is 1. The number of aromatic nitrogens is 2. The minimum atomic E-state index is 0.775. The van der Waals surface area contributed by atoms with Crippen LogP contribution in [0.15, 0.2) is 21.8 Å². The fourth-order valence-electron chi connectivity index (χ4n) is 3.27. The van der Waals surface area contributed by atoms with Crippen molar-refractivity contribution in [3.63, 3.8) is 0 Å². The number of hydrogen-bond donors (Lipinski definition) is 1. The SMILES string of the molecule is CCNC(=NCCc1nc(CC)c(C)s1)N1CCN(Cc2ccon2)CC1. The molecule has 27 heavy (non-hydrogen) atoms. The highest BCUT2D eigenvalue weighted by atomic mass is 32.1. The van der Waals surface area contributed by atoms with Gasteiger partial charge in [0, 0.05) is 63.2 Å². The quantitative estimate of drug-likeness (QED) is 0.578. The molecule has 0 bridgehead atoms. The Kier molecular flexibility index (Phi) is 7.23.